The van der Waals surface area contributed by atoms with Gasteiger partial charge in [-0.1, -0.05) is 18.6 Å². The molecule has 1 fully saturated rings. The second-order valence-electron chi connectivity index (χ2n) is 5.40. The third kappa shape index (κ3) is 3.13. The molecular formula is C16H23NO4. The van der Waals surface area contributed by atoms with Crippen LogP contribution in [0.1, 0.15) is 25.7 Å². The number of rotatable bonds is 7. The van der Waals surface area contributed by atoms with Crippen molar-refractivity contribution in [3.63, 3.8) is 0 Å². The highest BCUT2D eigenvalue weighted by atomic mass is 16.5. The molecule has 0 saturated heterocycles. The van der Waals surface area contributed by atoms with Crippen molar-refractivity contribution >= 4 is 5.97 Å². The highest BCUT2D eigenvalue weighted by Gasteiger charge is 2.47. The van der Waals surface area contributed by atoms with E-state index in [1.807, 2.05) is 24.3 Å². The van der Waals surface area contributed by atoms with E-state index in [-0.39, 0.29) is 5.92 Å². The van der Waals surface area contributed by atoms with E-state index in [0.29, 0.717) is 30.9 Å². The fourth-order valence-corrected chi connectivity index (χ4v) is 3.24. The number of benzene rings is 1. The Bertz CT molecular complexity index is 491. The zero-order valence-corrected chi connectivity index (χ0v) is 12.6. The van der Waals surface area contributed by atoms with Crippen LogP contribution in [0.3, 0.4) is 0 Å². The highest BCUT2D eigenvalue weighted by Crippen LogP contribution is 2.38. The lowest BCUT2D eigenvalue weighted by Gasteiger charge is -2.31. The second-order valence-corrected chi connectivity index (χ2v) is 5.40. The molecule has 5 heteroatoms. The normalized spacial score (nSPS) is 24.8. The molecule has 2 N–H and O–H groups in total. The first-order valence-electron chi connectivity index (χ1n) is 7.32. The molecule has 1 aromatic carbocycles. The Morgan fingerprint density at radius 2 is 2.14 bits per heavy atom. The summed E-state index contributed by atoms with van der Waals surface area (Å²) in [6.07, 6.45) is 3.25. The number of likely N-dealkylation sites (N-methyl/N-ethyl adjacent to an activating group) is 1. The Kier molecular flexibility index (Phi) is 5.07. The molecular weight excluding hydrogens is 270 g/mol. The van der Waals surface area contributed by atoms with Crippen molar-refractivity contribution in [3.05, 3.63) is 24.3 Å². The van der Waals surface area contributed by atoms with Gasteiger partial charge in [-0.3, -0.25) is 4.79 Å². The summed E-state index contributed by atoms with van der Waals surface area (Å²) in [5.41, 5.74) is -0.801. The van der Waals surface area contributed by atoms with Gasteiger partial charge in [0, 0.05) is 0 Å². The van der Waals surface area contributed by atoms with Crippen LogP contribution >= 0.6 is 0 Å². The van der Waals surface area contributed by atoms with Crippen LogP contribution in [0.25, 0.3) is 0 Å². The summed E-state index contributed by atoms with van der Waals surface area (Å²) >= 11 is 0. The maximum Gasteiger partial charge on any atom is 0.324 e. The van der Waals surface area contributed by atoms with Crippen molar-refractivity contribution in [2.75, 3.05) is 20.8 Å². The van der Waals surface area contributed by atoms with Crippen LogP contribution in [0.2, 0.25) is 0 Å². The van der Waals surface area contributed by atoms with Crippen LogP contribution in [-0.2, 0) is 4.79 Å². The minimum Gasteiger partial charge on any atom is -0.493 e. The van der Waals surface area contributed by atoms with E-state index >= 15 is 0 Å². The molecule has 0 aromatic heterocycles. The molecule has 0 amide bonds. The number of nitrogens with one attached hydrogen (secondary N) is 1. The average Bonchev–Trinajstić information content (AvgIpc) is 2.92. The molecule has 1 aliphatic carbocycles. The number of hydrogen-bond donors (Lipinski definition) is 2. The van der Waals surface area contributed by atoms with Crippen molar-refractivity contribution in [2.24, 2.45) is 5.92 Å². The lowest BCUT2D eigenvalue weighted by Crippen LogP contribution is -2.53. The van der Waals surface area contributed by atoms with Gasteiger partial charge in [0.05, 0.1) is 13.7 Å². The monoisotopic (exact) mass is 293 g/mol. The first-order valence-corrected chi connectivity index (χ1v) is 7.32. The van der Waals surface area contributed by atoms with E-state index in [1.54, 1.807) is 14.2 Å². The predicted octanol–water partition coefficient (Wildman–Crippen LogP) is 2.31. The van der Waals surface area contributed by atoms with Crippen molar-refractivity contribution < 1.29 is 19.4 Å². The van der Waals surface area contributed by atoms with Crippen LogP contribution < -0.4 is 14.8 Å². The van der Waals surface area contributed by atoms with Gasteiger partial charge in [-0.2, -0.15) is 0 Å². The number of carboxylic acids is 1. The minimum absolute atomic E-state index is 0.0923. The van der Waals surface area contributed by atoms with Crippen LogP contribution in [0, 0.1) is 5.92 Å². The fourth-order valence-electron chi connectivity index (χ4n) is 3.24. The molecule has 0 radical (unpaired) electrons. The topological polar surface area (TPSA) is 67.8 Å². The minimum atomic E-state index is -0.801. The molecule has 21 heavy (non-hydrogen) atoms. The number of hydrogen-bond acceptors (Lipinski definition) is 4. The number of carbonyl (C=O) groups is 1. The first-order chi connectivity index (χ1) is 10.1. The first kappa shape index (κ1) is 15.6. The predicted molar refractivity (Wildman–Crippen MR) is 79.9 cm³/mol. The van der Waals surface area contributed by atoms with E-state index in [9.17, 15) is 9.90 Å². The molecule has 2 atom stereocenters. The summed E-state index contributed by atoms with van der Waals surface area (Å²) in [6.45, 7) is 0.488. The van der Waals surface area contributed by atoms with Gasteiger partial charge in [-0.05, 0) is 44.4 Å². The van der Waals surface area contributed by atoms with Crippen molar-refractivity contribution in [3.8, 4) is 11.5 Å². The summed E-state index contributed by atoms with van der Waals surface area (Å²) < 4.78 is 11.0. The van der Waals surface area contributed by atoms with Gasteiger partial charge in [0.15, 0.2) is 11.5 Å². The van der Waals surface area contributed by atoms with Gasteiger partial charge in [0.2, 0.25) is 0 Å². The molecule has 1 aliphatic rings. The molecule has 1 aromatic rings. The van der Waals surface area contributed by atoms with Gasteiger partial charge in [-0.15, -0.1) is 0 Å². The molecule has 0 heterocycles. The average molecular weight is 293 g/mol. The second kappa shape index (κ2) is 6.80. The molecule has 0 spiro atoms. The number of para-hydroxylation sites is 2. The van der Waals surface area contributed by atoms with E-state index in [2.05, 4.69) is 5.32 Å². The lowest BCUT2D eigenvalue weighted by molar-refractivity contribution is -0.146. The molecule has 1 saturated carbocycles. The third-order valence-electron chi connectivity index (χ3n) is 4.44. The van der Waals surface area contributed by atoms with Gasteiger partial charge in [-0.25, -0.2) is 0 Å². The van der Waals surface area contributed by atoms with Gasteiger partial charge < -0.3 is 19.9 Å². The molecule has 116 valence electrons. The van der Waals surface area contributed by atoms with Gasteiger partial charge in [0.1, 0.15) is 5.54 Å². The van der Waals surface area contributed by atoms with Crippen LogP contribution in [-0.4, -0.2) is 37.4 Å². The molecule has 2 unspecified atom stereocenters. The Labute approximate surface area is 125 Å². The largest absolute Gasteiger partial charge is 0.493 e. The highest BCUT2D eigenvalue weighted by molar-refractivity contribution is 5.79. The summed E-state index contributed by atoms with van der Waals surface area (Å²) in [5.74, 6) is 0.727. The maximum atomic E-state index is 11.6. The Hall–Kier alpha value is -1.75. The van der Waals surface area contributed by atoms with Crippen molar-refractivity contribution in [1.29, 1.82) is 0 Å². The van der Waals surface area contributed by atoms with E-state index in [4.69, 9.17) is 9.47 Å². The van der Waals surface area contributed by atoms with E-state index < -0.39 is 11.5 Å². The number of aliphatic carboxylic acids is 1. The smallest absolute Gasteiger partial charge is 0.324 e. The van der Waals surface area contributed by atoms with E-state index in [0.717, 1.165) is 12.8 Å². The SMILES string of the molecule is CNC1(C(=O)O)CCCC1CCOc1ccccc1OC. The van der Waals surface area contributed by atoms with Crippen LogP contribution in [0.4, 0.5) is 0 Å². The number of ether oxygens (including phenoxy) is 2. The van der Waals surface area contributed by atoms with Crippen LogP contribution in [0.15, 0.2) is 24.3 Å². The Balaban J connectivity index is 1.95. The fraction of sp³-hybridized carbons (Fsp3) is 0.562. The van der Waals surface area contributed by atoms with E-state index in [1.165, 1.54) is 0 Å². The quantitative estimate of drug-likeness (QED) is 0.807. The summed E-state index contributed by atoms with van der Waals surface area (Å²) in [5, 5.41) is 12.5. The molecule has 0 bridgehead atoms. The molecule has 2 rings (SSSR count). The Morgan fingerprint density at radius 1 is 1.43 bits per heavy atom. The van der Waals surface area contributed by atoms with Crippen molar-refractivity contribution in [1.82, 2.24) is 5.32 Å². The summed E-state index contributed by atoms with van der Waals surface area (Å²) in [7, 11) is 3.34. The third-order valence-corrected chi connectivity index (χ3v) is 4.44. The Morgan fingerprint density at radius 3 is 2.76 bits per heavy atom. The number of carboxylic acid groups (broad SMARTS) is 1. The lowest BCUT2D eigenvalue weighted by atomic mass is 9.85. The maximum absolute atomic E-state index is 11.6. The molecule has 0 aliphatic heterocycles. The molecule has 5 nitrogen and oxygen atoms in total. The van der Waals surface area contributed by atoms with Gasteiger partial charge in [0.25, 0.3) is 0 Å². The zero-order valence-electron chi connectivity index (χ0n) is 12.6. The zero-order chi connectivity index (χ0) is 15.3. The standard InChI is InChI=1S/C16H23NO4/c1-17-16(15(18)19)10-5-6-12(16)9-11-21-14-8-4-3-7-13(14)20-2/h3-4,7-8,12,17H,5-6,9-11H2,1-2H3,(H,18,19). The summed E-state index contributed by atoms with van der Waals surface area (Å²) in [6, 6.07) is 7.48. The number of methoxy groups -OCH3 is 1. The van der Waals surface area contributed by atoms with Crippen molar-refractivity contribution in [2.45, 2.75) is 31.2 Å². The summed E-state index contributed by atoms with van der Waals surface area (Å²) in [4.78, 5) is 11.6. The van der Waals surface area contributed by atoms with Gasteiger partial charge >= 0.3 is 5.97 Å². The van der Waals surface area contributed by atoms with Crippen LogP contribution in [0.5, 0.6) is 11.5 Å².